The Morgan fingerprint density at radius 3 is 1.61 bits per heavy atom. The van der Waals surface area contributed by atoms with Crippen molar-refractivity contribution in [2.75, 3.05) is 6.54 Å². The monoisotopic (exact) mass is 256 g/mol. The summed E-state index contributed by atoms with van der Waals surface area (Å²) >= 11 is 0. The zero-order chi connectivity index (χ0) is 14.8. The molecule has 0 atom stereocenters. The van der Waals surface area contributed by atoms with E-state index in [2.05, 4.69) is 79.9 Å². The number of hydrogen-bond donors (Lipinski definition) is 2. The van der Waals surface area contributed by atoms with Gasteiger partial charge in [-0.15, -0.1) is 0 Å². The molecule has 0 aromatic heterocycles. The van der Waals surface area contributed by atoms with Crippen LogP contribution in [0.25, 0.3) is 0 Å². The van der Waals surface area contributed by atoms with Crippen molar-refractivity contribution in [3.63, 3.8) is 0 Å². The molecule has 0 saturated heterocycles. The highest BCUT2D eigenvalue weighted by Crippen LogP contribution is 2.38. The van der Waals surface area contributed by atoms with E-state index in [1.807, 2.05) is 0 Å². The molecular weight excluding hydrogens is 220 g/mol. The molecule has 0 aliphatic heterocycles. The fraction of sp³-hybridized carbons (Fsp3) is 1.00. The van der Waals surface area contributed by atoms with Crippen LogP contribution < -0.4 is 10.6 Å². The molecule has 0 unspecified atom stereocenters. The molecule has 2 N–H and O–H groups in total. The van der Waals surface area contributed by atoms with Crippen LogP contribution in [0.1, 0.15) is 69.2 Å². The van der Waals surface area contributed by atoms with E-state index >= 15 is 0 Å². The number of rotatable bonds is 7. The largest absolute Gasteiger partial charge is 0.300 e. The highest BCUT2D eigenvalue weighted by molar-refractivity contribution is 4.98. The smallest absolute Gasteiger partial charge is 0.0633 e. The lowest BCUT2D eigenvalue weighted by Crippen LogP contribution is -2.65. The van der Waals surface area contributed by atoms with Gasteiger partial charge in [-0.05, 0) is 51.5 Å². The average molecular weight is 256 g/mol. The molecule has 110 valence electrons. The zero-order valence-electron chi connectivity index (χ0n) is 14.4. The Morgan fingerprint density at radius 1 is 0.833 bits per heavy atom. The fourth-order valence-corrected chi connectivity index (χ4v) is 2.17. The summed E-state index contributed by atoms with van der Waals surface area (Å²) in [5.41, 5.74) is 0.276. The Bertz CT molecular complexity index is 250. The van der Waals surface area contributed by atoms with Crippen molar-refractivity contribution >= 4 is 0 Å². The summed E-state index contributed by atoms with van der Waals surface area (Å²) in [5.74, 6) is 1.31. The molecule has 0 heterocycles. The standard InChI is InChI=1S/C16H36N2/c1-12(2)11-17-16(9,10)18-15(7,8)14(5,6)13(3)4/h12-13,17-18H,11H2,1-10H3. The molecule has 0 spiro atoms. The van der Waals surface area contributed by atoms with Crippen LogP contribution in [0.2, 0.25) is 0 Å². The lowest BCUT2D eigenvalue weighted by Gasteiger charge is -2.50. The first-order valence-corrected chi connectivity index (χ1v) is 7.36. The minimum absolute atomic E-state index is 0.0417. The Labute approximate surface area is 115 Å². The van der Waals surface area contributed by atoms with Gasteiger partial charge in [0.05, 0.1) is 5.66 Å². The molecule has 2 nitrogen and oxygen atoms in total. The molecule has 0 amide bonds. The zero-order valence-corrected chi connectivity index (χ0v) is 14.4. The summed E-state index contributed by atoms with van der Waals surface area (Å²) in [6, 6.07) is 0. The van der Waals surface area contributed by atoms with Crippen LogP contribution in [0.3, 0.4) is 0 Å². The van der Waals surface area contributed by atoms with Crippen LogP contribution in [0.15, 0.2) is 0 Å². The highest BCUT2D eigenvalue weighted by Gasteiger charge is 2.41. The predicted octanol–water partition coefficient (Wildman–Crippen LogP) is 4.02. The van der Waals surface area contributed by atoms with Gasteiger partial charge in [0.2, 0.25) is 0 Å². The number of nitrogens with one attached hydrogen (secondary N) is 2. The summed E-state index contributed by atoms with van der Waals surface area (Å²) < 4.78 is 0. The maximum Gasteiger partial charge on any atom is 0.0633 e. The van der Waals surface area contributed by atoms with Gasteiger partial charge in [-0.1, -0.05) is 41.5 Å². The first kappa shape index (κ1) is 17.9. The molecule has 0 aliphatic rings. The lowest BCUT2D eigenvalue weighted by molar-refractivity contribution is 0.0591. The van der Waals surface area contributed by atoms with Gasteiger partial charge >= 0.3 is 0 Å². The maximum absolute atomic E-state index is 3.80. The van der Waals surface area contributed by atoms with Crippen LogP contribution in [0.5, 0.6) is 0 Å². The minimum Gasteiger partial charge on any atom is -0.300 e. The highest BCUT2D eigenvalue weighted by atomic mass is 15.2. The van der Waals surface area contributed by atoms with Gasteiger partial charge in [-0.25, -0.2) is 0 Å². The van der Waals surface area contributed by atoms with E-state index in [-0.39, 0.29) is 16.6 Å². The van der Waals surface area contributed by atoms with Gasteiger partial charge in [0.1, 0.15) is 0 Å². The third kappa shape index (κ3) is 4.89. The molecule has 0 rings (SSSR count). The van der Waals surface area contributed by atoms with E-state index in [0.29, 0.717) is 11.8 Å². The second-order valence-electron chi connectivity index (χ2n) is 8.03. The molecule has 2 heteroatoms. The molecule has 18 heavy (non-hydrogen) atoms. The third-order valence-corrected chi connectivity index (χ3v) is 4.63. The summed E-state index contributed by atoms with van der Waals surface area (Å²) in [4.78, 5) is 0. The van der Waals surface area contributed by atoms with Crippen molar-refractivity contribution in [3.05, 3.63) is 0 Å². The molecule has 0 aromatic rings. The van der Waals surface area contributed by atoms with E-state index in [4.69, 9.17) is 0 Å². The summed E-state index contributed by atoms with van der Waals surface area (Å²) in [5, 5.41) is 7.41. The topological polar surface area (TPSA) is 24.1 Å². The van der Waals surface area contributed by atoms with E-state index in [0.717, 1.165) is 6.54 Å². The molecule has 0 radical (unpaired) electrons. The summed E-state index contributed by atoms with van der Waals surface area (Å²) in [7, 11) is 0. The Morgan fingerprint density at radius 2 is 1.28 bits per heavy atom. The molecule has 0 aliphatic carbocycles. The van der Waals surface area contributed by atoms with Crippen LogP contribution in [-0.2, 0) is 0 Å². The van der Waals surface area contributed by atoms with Crippen LogP contribution in [-0.4, -0.2) is 17.7 Å². The SMILES string of the molecule is CC(C)CNC(C)(C)NC(C)(C)C(C)(C)C(C)C. The van der Waals surface area contributed by atoms with Crippen molar-refractivity contribution in [3.8, 4) is 0 Å². The Hall–Kier alpha value is -0.0800. The van der Waals surface area contributed by atoms with Crippen LogP contribution >= 0.6 is 0 Å². The van der Waals surface area contributed by atoms with Crippen molar-refractivity contribution in [2.45, 2.75) is 80.4 Å². The van der Waals surface area contributed by atoms with Gasteiger partial charge in [0.25, 0.3) is 0 Å². The fourth-order valence-electron chi connectivity index (χ4n) is 2.17. The van der Waals surface area contributed by atoms with E-state index in [1.165, 1.54) is 0 Å². The molecular formula is C16H36N2. The van der Waals surface area contributed by atoms with E-state index < -0.39 is 0 Å². The lowest BCUT2D eigenvalue weighted by atomic mass is 9.67. The first-order valence-electron chi connectivity index (χ1n) is 7.36. The van der Waals surface area contributed by atoms with Gasteiger partial charge in [0.15, 0.2) is 0 Å². The van der Waals surface area contributed by atoms with Crippen molar-refractivity contribution < 1.29 is 0 Å². The van der Waals surface area contributed by atoms with Crippen molar-refractivity contribution in [1.82, 2.24) is 10.6 Å². The van der Waals surface area contributed by atoms with Gasteiger partial charge < -0.3 is 0 Å². The maximum atomic E-state index is 3.80. The molecule has 0 bridgehead atoms. The molecule has 0 aromatic carbocycles. The van der Waals surface area contributed by atoms with Gasteiger partial charge in [0, 0.05) is 5.54 Å². The molecule has 0 fully saturated rings. The first-order chi connectivity index (χ1) is 7.82. The Kier molecular flexibility index (Phi) is 5.89. The predicted molar refractivity (Wildman–Crippen MR) is 82.8 cm³/mol. The second kappa shape index (κ2) is 5.92. The van der Waals surface area contributed by atoms with Gasteiger partial charge in [-0.2, -0.15) is 0 Å². The Balaban J connectivity index is 4.75. The van der Waals surface area contributed by atoms with Crippen molar-refractivity contribution in [1.29, 1.82) is 0 Å². The van der Waals surface area contributed by atoms with E-state index in [9.17, 15) is 0 Å². The summed E-state index contributed by atoms with van der Waals surface area (Å²) in [6.45, 7) is 23.9. The third-order valence-electron chi connectivity index (χ3n) is 4.63. The van der Waals surface area contributed by atoms with Crippen molar-refractivity contribution in [2.24, 2.45) is 17.3 Å². The summed E-state index contributed by atoms with van der Waals surface area (Å²) in [6.07, 6.45) is 0. The number of hydrogen-bond acceptors (Lipinski definition) is 2. The van der Waals surface area contributed by atoms with Gasteiger partial charge in [-0.3, -0.25) is 10.6 Å². The second-order valence-corrected chi connectivity index (χ2v) is 8.03. The van der Waals surface area contributed by atoms with Crippen LogP contribution in [0.4, 0.5) is 0 Å². The van der Waals surface area contributed by atoms with Crippen LogP contribution in [0, 0.1) is 17.3 Å². The van der Waals surface area contributed by atoms with E-state index in [1.54, 1.807) is 0 Å². The minimum atomic E-state index is -0.0417. The molecule has 0 saturated carbocycles. The normalized spacial score (nSPS) is 14.7. The quantitative estimate of drug-likeness (QED) is 0.672. The average Bonchev–Trinajstić information content (AvgIpc) is 2.12.